The molecule has 1 saturated heterocycles. The molecular formula is C12H17N3O2S. The maximum Gasteiger partial charge on any atom is 0.230 e. The number of aromatic nitrogens is 1. The number of nitrogens with two attached hydrogens (primary N) is 1. The predicted octanol–water partition coefficient (Wildman–Crippen LogP) is 1.05. The lowest BCUT2D eigenvalue weighted by Crippen LogP contribution is -2.39. The first-order valence-corrected chi connectivity index (χ1v) is 6.94. The highest BCUT2D eigenvalue weighted by atomic mass is 32.2. The van der Waals surface area contributed by atoms with Gasteiger partial charge in [-0.05, 0) is 25.0 Å². The Balaban J connectivity index is 1.72. The van der Waals surface area contributed by atoms with Crippen LogP contribution in [-0.2, 0) is 9.53 Å². The molecule has 98 valence electrons. The number of carbonyl (C=O) groups excluding carboxylic acids is 1. The van der Waals surface area contributed by atoms with Gasteiger partial charge in [-0.3, -0.25) is 4.79 Å². The number of hydrogen-bond donors (Lipinski definition) is 2. The van der Waals surface area contributed by atoms with E-state index in [0.717, 1.165) is 31.0 Å². The van der Waals surface area contributed by atoms with Crippen molar-refractivity contribution >= 4 is 23.5 Å². The molecule has 5 nitrogen and oxygen atoms in total. The fraction of sp³-hybridized carbons (Fsp3) is 0.500. The van der Waals surface area contributed by atoms with Crippen molar-refractivity contribution in [2.24, 2.45) is 0 Å². The quantitative estimate of drug-likeness (QED) is 0.797. The van der Waals surface area contributed by atoms with Gasteiger partial charge in [-0.1, -0.05) is 0 Å². The van der Waals surface area contributed by atoms with E-state index in [1.807, 2.05) is 6.07 Å². The lowest BCUT2D eigenvalue weighted by molar-refractivity contribution is -0.119. The molecule has 1 amide bonds. The van der Waals surface area contributed by atoms with Crippen molar-refractivity contribution in [3.8, 4) is 0 Å². The van der Waals surface area contributed by atoms with Gasteiger partial charge in [-0.2, -0.15) is 0 Å². The van der Waals surface area contributed by atoms with Crippen LogP contribution in [0.15, 0.2) is 23.2 Å². The molecule has 2 rings (SSSR count). The maximum absolute atomic E-state index is 11.7. The molecule has 0 bridgehead atoms. The summed E-state index contributed by atoms with van der Waals surface area (Å²) in [5, 5.41) is 3.02. The number of nitrogens with zero attached hydrogens (tertiary/aromatic N) is 1. The maximum atomic E-state index is 11.7. The minimum Gasteiger partial charge on any atom is -0.384 e. The first kappa shape index (κ1) is 13.2. The summed E-state index contributed by atoms with van der Waals surface area (Å²) in [6.07, 6.45) is 3.49. The van der Waals surface area contributed by atoms with E-state index >= 15 is 0 Å². The monoisotopic (exact) mass is 267 g/mol. The average Bonchev–Trinajstić information content (AvgIpc) is 2.39. The molecule has 1 aromatic rings. The van der Waals surface area contributed by atoms with Crippen molar-refractivity contribution in [2.45, 2.75) is 23.8 Å². The third kappa shape index (κ3) is 4.19. The van der Waals surface area contributed by atoms with Gasteiger partial charge in [0.1, 0.15) is 5.82 Å². The van der Waals surface area contributed by atoms with Crippen LogP contribution in [0.3, 0.4) is 0 Å². The van der Waals surface area contributed by atoms with E-state index in [2.05, 4.69) is 10.3 Å². The summed E-state index contributed by atoms with van der Waals surface area (Å²) in [7, 11) is 0. The Kier molecular flexibility index (Phi) is 4.83. The third-order valence-corrected chi connectivity index (χ3v) is 3.70. The molecule has 0 aromatic carbocycles. The molecule has 1 fully saturated rings. The van der Waals surface area contributed by atoms with Crippen LogP contribution in [0.1, 0.15) is 12.8 Å². The van der Waals surface area contributed by atoms with E-state index in [0.29, 0.717) is 11.6 Å². The fourth-order valence-corrected chi connectivity index (χ4v) is 2.41. The number of hydrogen-bond acceptors (Lipinski definition) is 5. The van der Waals surface area contributed by atoms with Gasteiger partial charge in [0.05, 0.1) is 5.75 Å². The minimum absolute atomic E-state index is 0.0590. The van der Waals surface area contributed by atoms with E-state index in [4.69, 9.17) is 10.5 Å². The molecule has 6 heteroatoms. The van der Waals surface area contributed by atoms with Crippen LogP contribution in [0.2, 0.25) is 0 Å². The zero-order valence-corrected chi connectivity index (χ0v) is 10.9. The van der Waals surface area contributed by atoms with Gasteiger partial charge in [0.15, 0.2) is 0 Å². The Morgan fingerprint density at radius 1 is 1.50 bits per heavy atom. The van der Waals surface area contributed by atoms with E-state index in [-0.39, 0.29) is 11.9 Å². The van der Waals surface area contributed by atoms with Crippen molar-refractivity contribution in [1.29, 1.82) is 0 Å². The van der Waals surface area contributed by atoms with E-state index in [1.165, 1.54) is 11.8 Å². The van der Waals surface area contributed by atoms with Crippen LogP contribution < -0.4 is 11.1 Å². The number of thioether (sulfide) groups is 1. The molecule has 0 atom stereocenters. The highest BCUT2D eigenvalue weighted by Gasteiger charge is 2.15. The number of nitrogens with one attached hydrogen (secondary N) is 1. The topological polar surface area (TPSA) is 77.2 Å². The Morgan fingerprint density at radius 2 is 2.28 bits per heavy atom. The van der Waals surface area contributed by atoms with Crippen molar-refractivity contribution in [3.63, 3.8) is 0 Å². The minimum atomic E-state index is 0.0590. The first-order valence-electron chi connectivity index (χ1n) is 5.95. The molecule has 3 N–H and O–H groups in total. The van der Waals surface area contributed by atoms with Gasteiger partial charge < -0.3 is 15.8 Å². The van der Waals surface area contributed by atoms with Crippen molar-refractivity contribution in [3.05, 3.63) is 18.3 Å². The molecule has 0 unspecified atom stereocenters. The van der Waals surface area contributed by atoms with Gasteiger partial charge in [0.25, 0.3) is 0 Å². The van der Waals surface area contributed by atoms with E-state index in [1.54, 1.807) is 12.3 Å². The zero-order chi connectivity index (χ0) is 12.8. The molecule has 18 heavy (non-hydrogen) atoms. The second-order valence-corrected chi connectivity index (χ2v) is 5.21. The Hall–Kier alpha value is -1.27. The second-order valence-electron chi connectivity index (χ2n) is 4.16. The molecule has 0 saturated carbocycles. The Bertz CT molecular complexity index is 391. The molecule has 0 aliphatic carbocycles. The van der Waals surface area contributed by atoms with Crippen LogP contribution >= 0.6 is 11.8 Å². The Morgan fingerprint density at radius 3 is 2.94 bits per heavy atom. The number of amides is 1. The largest absolute Gasteiger partial charge is 0.384 e. The number of carbonyl (C=O) groups is 1. The average molecular weight is 267 g/mol. The molecule has 0 spiro atoms. The Labute approximate surface area is 110 Å². The first-order chi connectivity index (χ1) is 8.74. The van der Waals surface area contributed by atoms with Crippen LogP contribution in [0.25, 0.3) is 0 Å². The lowest BCUT2D eigenvalue weighted by atomic mass is 10.1. The van der Waals surface area contributed by atoms with Gasteiger partial charge in [0, 0.05) is 30.3 Å². The second kappa shape index (κ2) is 6.61. The van der Waals surface area contributed by atoms with E-state index in [9.17, 15) is 4.79 Å². The van der Waals surface area contributed by atoms with Crippen molar-refractivity contribution in [2.75, 3.05) is 24.7 Å². The van der Waals surface area contributed by atoms with Crippen molar-refractivity contribution < 1.29 is 9.53 Å². The number of pyridine rings is 1. The normalized spacial score (nSPS) is 16.4. The lowest BCUT2D eigenvalue weighted by Gasteiger charge is -2.22. The fourth-order valence-electron chi connectivity index (χ4n) is 1.74. The third-order valence-electron chi connectivity index (χ3n) is 2.72. The summed E-state index contributed by atoms with van der Waals surface area (Å²) >= 11 is 1.46. The predicted molar refractivity (Wildman–Crippen MR) is 71.4 cm³/mol. The van der Waals surface area contributed by atoms with Crippen LogP contribution in [0, 0.1) is 0 Å². The summed E-state index contributed by atoms with van der Waals surface area (Å²) in [6, 6.07) is 3.87. The standard InChI is InChI=1S/C12H17N3O2S/c13-11-2-1-10(7-14-11)18-8-12(16)15-9-3-5-17-6-4-9/h1-2,7,9H,3-6,8H2,(H2,13,14)(H,15,16). The molecule has 1 aliphatic rings. The van der Waals surface area contributed by atoms with Gasteiger partial charge in [0.2, 0.25) is 5.91 Å². The number of nitrogen functional groups attached to an aromatic ring is 1. The van der Waals surface area contributed by atoms with Crippen molar-refractivity contribution in [1.82, 2.24) is 10.3 Å². The SMILES string of the molecule is Nc1ccc(SCC(=O)NC2CCOCC2)cn1. The molecule has 1 aromatic heterocycles. The number of anilines is 1. The van der Waals surface area contributed by atoms with Gasteiger partial charge in [-0.15, -0.1) is 11.8 Å². The molecule has 0 radical (unpaired) electrons. The summed E-state index contributed by atoms with van der Waals surface area (Å²) in [5.41, 5.74) is 5.49. The number of rotatable bonds is 4. The molecular weight excluding hydrogens is 250 g/mol. The smallest absolute Gasteiger partial charge is 0.230 e. The summed E-state index contributed by atoms with van der Waals surface area (Å²) < 4.78 is 5.25. The van der Waals surface area contributed by atoms with Crippen LogP contribution in [0.5, 0.6) is 0 Å². The van der Waals surface area contributed by atoms with E-state index < -0.39 is 0 Å². The molecule has 2 heterocycles. The van der Waals surface area contributed by atoms with Gasteiger partial charge >= 0.3 is 0 Å². The van der Waals surface area contributed by atoms with Crippen LogP contribution in [0.4, 0.5) is 5.82 Å². The van der Waals surface area contributed by atoms with Crippen LogP contribution in [-0.4, -0.2) is 35.9 Å². The zero-order valence-electron chi connectivity index (χ0n) is 10.1. The summed E-state index contributed by atoms with van der Waals surface area (Å²) in [6.45, 7) is 1.47. The highest BCUT2D eigenvalue weighted by molar-refractivity contribution is 8.00. The highest BCUT2D eigenvalue weighted by Crippen LogP contribution is 2.17. The summed E-state index contributed by atoms with van der Waals surface area (Å²) in [5.74, 6) is 0.956. The van der Waals surface area contributed by atoms with Gasteiger partial charge in [-0.25, -0.2) is 4.98 Å². The molecule has 1 aliphatic heterocycles. The number of ether oxygens (including phenoxy) is 1. The summed E-state index contributed by atoms with van der Waals surface area (Å²) in [4.78, 5) is 16.7.